The standard InChI is InChI=1S/C17H18N2O4/c1-2-22-16(20)18-14-8-10-15(11-9-14)19-17(21)23-12-13-6-4-3-5-7-13/h3-11H,2,12H2,1H3,(H,18,20)(H,19,21). The van der Waals surface area contributed by atoms with Crippen LogP contribution in [0.25, 0.3) is 0 Å². The third-order valence-electron chi connectivity index (χ3n) is 2.87. The Hall–Kier alpha value is -3.02. The van der Waals surface area contributed by atoms with E-state index in [4.69, 9.17) is 9.47 Å². The van der Waals surface area contributed by atoms with Crippen LogP contribution in [0.5, 0.6) is 0 Å². The third-order valence-corrected chi connectivity index (χ3v) is 2.87. The number of carbonyl (C=O) groups is 2. The fourth-order valence-electron chi connectivity index (χ4n) is 1.80. The predicted octanol–water partition coefficient (Wildman–Crippen LogP) is 4.00. The zero-order chi connectivity index (χ0) is 16.5. The van der Waals surface area contributed by atoms with Gasteiger partial charge in [0, 0.05) is 11.4 Å². The second kappa shape index (κ2) is 8.43. The van der Waals surface area contributed by atoms with Crippen molar-refractivity contribution in [1.29, 1.82) is 0 Å². The van der Waals surface area contributed by atoms with E-state index in [2.05, 4.69) is 10.6 Å². The summed E-state index contributed by atoms with van der Waals surface area (Å²) in [5.41, 5.74) is 2.06. The molecular formula is C17H18N2O4. The Bertz CT molecular complexity index is 641. The van der Waals surface area contributed by atoms with E-state index in [1.807, 2.05) is 30.3 Å². The van der Waals surface area contributed by atoms with E-state index in [9.17, 15) is 9.59 Å². The lowest BCUT2D eigenvalue weighted by Gasteiger charge is -2.08. The third kappa shape index (κ3) is 5.70. The summed E-state index contributed by atoms with van der Waals surface area (Å²) in [7, 11) is 0. The van der Waals surface area contributed by atoms with Crippen LogP contribution < -0.4 is 10.6 Å². The number of rotatable bonds is 5. The summed E-state index contributed by atoms with van der Waals surface area (Å²) in [5.74, 6) is 0. The first-order valence-corrected chi connectivity index (χ1v) is 7.19. The van der Waals surface area contributed by atoms with Crippen molar-refractivity contribution in [2.24, 2.45) is 0 Å². The van der Waals surface area contributed by atoms with E-state index in [0.29, 0.717) is 18.0 Å². The Kier molecular flexibility index (Phi) is 5.99. The SMILES string of the molecule is CCOC(=O)Nc1ccc(NC(=O)OCc2ccccc2)cc1. The number of hydrogen-bond acceptors (Lipinski definition) is 4. The molecule has 0 aliphatic carbocycles. The second-order valence-corrected chi connectivity index (χ2v) is 4.61. The lowest BCUT2D eigenvalue weighted by atomic mass is 10.2. The largest absolute Gasteiger partial charge is 0.450 e. The molecule has 23 heavy (non-hydrogen) atoms. The fraction of sp³-hybridized carbons (Fsp3) is 0.176. The number of ether oxygens (including phenoxy) is 2. The van der Waals surface area contributed by atoms with Gasteiger partial charge in [0.25, 0.3) is 0 Å². The highest BCUT2D eigenvalue weighted by Gasteiger charge is 2.05. The molecule has 0 fully saturated rings. The first-order valence-electron chi connectivity index (χ1n) is 7.19. The van der Waals surface area contributed by atoms with E-state index in [-0.39, 0.29) is 6.61 Å². The molecule has 6 heteroatoms. The molecule has 0 saturated carbocycles. The number of anilines is 2. The summed E-state index contributed by atoms with van der Waals surface area (Å²) < 4.78 is 9.89. The number of carbonyl (C=O) groups excluding carboxylic acids is 2. The summed E-state index contributed by atoms with van der Waals surface area (Å²) >= 11 is 0. The van der Waals surface area contributed by atoms with Crippen molar-refractivity contribution in [3.63, 3.8) is 0 Å². The highest BCUT2D eigenvalue weighted by atomic mass is 16.6. The van der Waals surface area contributed by atoms with Crippen LogP contribution >= 0.6 is 0 Å². The minimum Gasteiger partial charge on any atom is -0.450 e. The average molecular weight is 314 g/mol. The number of nitrogens with one attached hydrogen (secondary N) is 2. The summed E-state index contributed by atoms with van der Waals surface area (Å²) in [6, 6.07) is 16.0. The van der Waals surface area contributed by atoms with Gasteiger partial charge in [-0.05, 0) is 36.8 Å². The predicted molar refractivity (Wildman–Crippen MR) is 87.3 cm³/mol. The molecule has 6 nitrogen and oxygen atoms in total. The molecule has 0 heterocycles. The van der Waals surface area contributed by atoms with Crippen molar-refractivity contribution >= 4 is 23.6 Å². The molecule has 0 aromatic heterocycles. The molecule has 0 aliphatic rings. The van der Waals surface area contributed by atoms with Gasteiger partial charge in [-0.25, -0.2) is 9.59 Å². The first-order chi connectivity index (χ1) is 11.2. The van der Waals surface area contributed by atoms with Gasteiger partial charge >= 0.3 is 12.2 Å². The van der Waals surface area contributed by atoms with Crippen molar-refractivity contribution < 1.29 is 19.1 Å². The molecule has 0 bridgehead atoms. The minimum atomic E-state index is -0.542. The van der Waals surface area contributed by atoms with Crippen LogP contribution in [0.4, 0.5) is 21.0 Å². The molecule has 2 N–H and O–H groups in total. The fourth-order valence-corrected chi connectivity index (χ4v) is 1.80. The Morgan fingerprint density at radius 2 is 1.35 bits per heavy atom. The Balaban J connectivity index is 1.80. The Labute approximate surface area is 134 Å². The van der Waals surface area contributed by atoms with Crippen LogP contribution in [0.1, 0.15) is 12.5 Å². The van der Waals surface area contributed by atoms with Crippen molar-refractivity contribution in [3.8, 4) is 0 Å². The lowest BCUT2D eigenvalue weighted by molar-refractivity contribution is 0.155. The summed E-state index contributed by atoms with van der Waals surface area (Å²) in [6.07, 6.45) is -1.06. The highest BCUT2D eigenvalue weighted by Crippen LogP contribution is 2.14. The zero-order valence-electron chi connectivity index (χ0n) is 12.7. The molecule has 0 unspecified atom stereocenters. The van der Waals surface area contributed by atoms with E-state index in [1.54, 1.807) is 31.2 Å². The molecule has 0 aliphatic heterocycles. The molecule has 2 aromatic carbocycles. The minimum absolute atomic E-state index is 0.204. The molecular weight excluding hydrogens is 296 g/mol. The summed E-state index contributed by atoms with van der Waals surface area (Å²) in [4.78, 5) is 23.0. The van der Waals surface area contributed by atoms with Gasteiger partial charge in [-0.3, -0.25) is 10.6 Å². The van der Waals surface area contributed by atoms with Crippen molar-refractivity contribution in [1.82, 2.24) is 0 Å². The van der Waals surface area contributed by atoms with Gasteiger partial charge in [0.05, 0.1) is 6.61 Å². The molecule has 0 radical (unpaired) electrons. The summed E-state index contributed by atoms with van der Waals surface area (Å²) in [6.45, 7) is 2.24. The Morgan fingerprint density at radius 3 is 1.87 bits per heavy atom. The topological polar surface area (TPSA) is 76.7 Å². The van der Waals surface area contributed by atoms with Gasteiger partial charge in [-0.1, -0.05) is 30.3 Å². The van der Waals surface area contributed by atoms with Crippen molar-refractivity contribution in [2.45, 2.75) is 13.5 Å². The lowest BCUT2D eigenvalue weighted by Crippen LogP contribution is -2.14. The van der Waals surface area contributed by atoms with E-state index in [1.165, 1.54) is 0 Å². The average Bonchev–Trinajstić information content (AvgIpc) is 2.56. The zero-order valence-corrected chi connectivity index (χ0v) is 12.7. The van der Waals surface area contributed by atoms with E-state index < -0.39 is 12.2 Å². The van der Waals surface area contributed by atoms with Crippen LogP contribution in [0.2, 0.25) is 0 Å². The number of benzene rings is 2. The van der Waals surface area contributed by atoms with Gasteiger partial charge in [0.15, 0.2) is 0 Å². The van der Waals surface area contributed by atoms with Gasteiger partial charge in [0.2, 0.25) is 0 Å². The normalized spacial score (nSPS) is 9.78. The molecule has 2 amide bonds. The monoisotopic (exact) mass is 314 g/mol. The van der Waals surface area contributed by atoms with E-state index >= 15 is 0 Å². The smallest absolute Gasteiger partial charge is 0.411 e. The van der Waals surface area contributed by atoms with Crippen molar-refractivity contribution in [2.75, 3.05) is 17.2 Å². The molecule has 0 saturated heterocycles. The van der Waals surface area contributed by atoms with Gasteiger partial charge < -0.3 is 9.47 Å². The Morgan fingerprint density at radius 1 is 0.826 bits per heavy atom. The molecule has 120 valence electrons. The quantitative estimate of drug-likeness (QED) is 0.874. The maximum absolute atomic E-state index is 11.7. The van der Waals surface area contributed by atoms with Gasteiger partial charge in [0.1, 0.15) is 6.61 Å². The number of hydrogen-bond donors (Lipinski definition) is 2. The molecule has 0 atom stereocenters. The van der Waals surface area contributed by atoms with Crippen LogP contribution in [0.15, 0.2) is 54.6 Å². The first kappa shape index (κ1) is 16.4. The van der Waals surface area contributed by atoms with Crippen LogP contribution in [-0.4, -0.2) is 18.8 Å². The molecule has 2 aromatic rings. The van der Waals surface area contributed by atoms with Crippen LogP contribution in [0, 0.1) is 0 Å². The molecule has 0 spiro atoms. The maximum atomic E-state index is 11.7. The van der Waals surface area contributed by atoms with Gasteiger partial charge in [-0.2, -0.15) is 0 Å². The summed E-state index contributed by atoms with van der Waals surface area (Å²) in [5, 5.41) is 5.18. The van der Waals surface area contributed by atoms with Crippen LogP contribution in [0.3, 0.4) is 0 Å². The van der Waals surface area contributed by atoms with Gasteiger partial charge in [-0.15, -0.1) is 0 Å². The highest BCUT2D eigenvalue weighted by molar-refractivity contribution is 5.87. The van der Waals surface area contributed by atoms with Crippen molar-refractivity contribution in [3.05, 3.63) is 60.2 Å². The number of amides is 2. The van der Waals surface area contributed by atoms with Crippen LogP contribution in [-0.2, 0) is 16.1 Å². The second-order valence-electron chi connectivity index (χ2n) is 4.61. The van der Waals surface area contributed by atoms with E-state index in [0.717, 1.165) is 5.56 Å². The maximum Gasteiger partial charge on any atom is 0.411 e. The molecule has 2 rings (SSSR count).